The topological polar surface area (TPSA) is 41.5 Å². The van der Waals surface area contributed by atoms with Gasteiger partial charge in [-0.2, -0.15) is 5.10 Å². The molecule has 1 amide bonds. The predicted octanol–water partition coefficient (Wildman–Crippen LogP) is 2.20. The minimum absolute atomic E-state index is 0.0639. The molecule has 1 saturated carbocycles. The summed E-state index contributed by atoms with van der Waals surface area (Å²) in [7, 11) is 0. The van der Waals surface area contributed by atoms with E-state index in [0.29, 0.717) is 10.9 Å². The lowest BCUT2D eigenvalue weighted by molar-refractivity contribution is -0.129. The van der Waals surface area contributed by atoms with E-state index < -0.39 is 0 Å². The Morgan fingerprint density at radius 2 is 1.88 bits per heavy atom. The zero-order valence-corrected chi connectivity index (χ0v) is 9.37. The molecule has 1 heterocycles. The molecule has 1 aliphatic carbocycles. The molecule has 0 bridgehead atoms. The van der Waals surface area contributed by atoms with E-state index >= 15 is 0 Å². The Labute approximate surface area is 98.5 Å². The summed E-state index contributed by atoms with van der Waals surface area (Å²) in [6.07, 6.45) is 2.03. The van der Waals surface area contributed by atoms with Gasteiger partial charge in [0.15, 0.2) is 0 Å². The third kappa shape index (κ3) is 1.43. The SMILES string of the molecule is O=C1NN=C(c2ccc(Cl)cc2)[C@@H]2CC[C@@H]12. The minimum atomic E-state index is 0.0639. The molecule has 0 radical (unpaired) electrons. The van der Waals surface area contributed by atoms with Crippen LogP contribution in [0.2, 0.25) is 5.02 Å². The van der Waals surface area contributed by atoms with E-state index in [4.69, 9.17) is 11.6 Å². The van der Waals surface area contributed by atoms with Gasteiger partial charge in [-0.15, -0.1) is 0 Å². The Hall–Kier alpha value is -1.35. The Morgan fingerprint density at radius 3 is 2.50 bits per heavy atom. The molecule has 2 aliphatic rings. The molecule has 1 aromatic carbocycles. The largest absolute Gasteiger partial charge is 0.273 e. The summed E-state index contributed by atoms with van der Waals surface area (Å²) >= 11 is 5.84. The molecule has 0 unspecified atom stereocenters. The molecule has 3 nitrogen and oxygen atoms in total. The molecule has 2 atom stereocenters. The third-order valence-electron chi connectivity index (χ3n) is 3.39. The summed E-state index contributed by atoms with van der Waals surface area (Å²) in [6.45, 7) is 0. The summed E-state index contributed by atoms with van der Waals surface area (Å²) in [6, 6.07) is 7.61. The zero-order chi connectivity index (χ0) is 11.1. The lowest BCUT2D eigenvalue weighted by Gasteiger charge is -2.38. The van der Waals surface area contributed by atoms with Crippen molar-refractivity contribution in [3.8, 4) is 0 Å². The number of nitrogens with zero attached hydrogens (tertiary/aromatic N) is 1. The van der Waals surface area contributed by atoms with Gasteiger partial charge in [0.1, 0.15) is 0 Å². The molecule has 3 rings (SSSR count). The van der Waals surface area contributed by atoms with E-state index in [9.17, 15) is 4.79 Å². The highest BCUT2D eigenvalue weighted by Gasteiger charge is 2.42. The molecule has 0 aromatic heterocycles. The van der Waals surface area contributed by atoms with Gasteiger partial charge in [0, 0.05) is 16.9 Å². The second-order valence-electron chi connectivity index (χ2n) is 4.27. The summed E-state index contributed by atoms with van der Waals surface area (Å²) in [5.74, 6) is 0.493. The molecule has 16 heavy (non-hydrogen) atoms. The molecule has 4 heteroatoms. The first-order valence-electron chi connectivity index (χ1n) is 5.39. The number of benzene rings is 1. The van der Waals surface area contributed by atoms with Gasteiger partial charge in [-0.1, -0.05) is 23.7 Å². The van der Waals surface area contributed by atoms with Crippen molar-refractivity contribution in [1.82, 2.24) is 5.43 Å². The fourth-order valence-electron chi connectivity index (χ4n) is 2.32. The van der Waals surface area contributed by atoms with E-state index in [1.54, 1.807) is 0 Å². The first-order valence-corrected chi connectivity index (χ1v) is 5.77. The quantitative estimate of drug-likeness (QED) is 0.795. The fourth-order valence-corrected chi connectivity index (χ4v) is 2.45. The van der Waals surface area contributed by atoms with Crippen LogP contribution in [0.15, 0.2) is 29.4 Å². The maximum Gasteiger partial charge on any atom is 0.243 e. The second-order valence-corrected chi connectivity index (χ2v) is 4.71. The lowest BCUT2D eigenvalue weighted by Crippen LogP contribution is -2.47. The first kappa shape index (κ1) is 9.85. The number of carbonyl (C=O) groups is 1. The number of hydrogen-bond acceptors (Lipinski definition) is 2. The van der Waals surface area contributed by atoms with Crippen molar-refractivity contribution < 1.29 is 4.79 Å². The number of carbonyl (C=O) groups excluding carboxylic acids is 1. The maximum absolute atomic E-state index is 11.4. The third-order valence-corrected chi connectivity index (χ3v) is 3.64. The van der Waals surface area contributed by atoms with Crippen molar-refractivity contribution >= 4 is 23.2 Å². The smallest absolute Gasteiger partial charge is 0.243 e. The van der Waals surface area contributed by atoms with Crippen LogP contribution in [0.25, 0.3) is 0 Å². The maximum atomic E-state index is 11.4. The van der Waals surface area contributed by atoms with E-state index in [-0.39, 0.29) is 11.8 Å². The van der Waals surface area contributed by atoms with Gasteiger partial charge >= 0.3 is 0 Å². The number of hydrogen-bond donors (Lipinski definition) is 1. The van der Waals surface area contributed by atoms with Crippen LogP contribution in [0.5, 0.6) is 0 Å². The normalized spacial score (nSPS) is 27.6. The molecule has 1 aromatic rings. The summed E-state index contributed by atoms with van der Waals surface area (Å²) in [5.41, 5.74) is 4.64. The highest BCUT2D eigenvalue weighted by atomic mass is 35.5. The van der Waals surface area contributed by atoms with Crippen LogP contribution in [0, 0.1) is 11.8 Å². The minimum Gasteiger partial charge on any atom is -0.273 e. The van der Waals surface area contributed by atoms with E-state index in [2.05, 4.69) is 10.5 Å². The van der Waals surface area contributed by atoms with Crippen LogP contribution >= 0.6 is 11.6 Å². The molecular formula is C12H11ClN2O. The molecule has 0 saturated heterocycles. The van der Waals surface area contributed by atoms with Crippen LogP contribution in [0.3, 0.4) is 0 Å². The standard InChI is InChI=1S/C12H11ClN2O/c13-8-3-1-7(2-4-8)11-9-5-6-10(9)12(16)15-14-11/h1-4,9-10H,5-6H2,(H,15,16)/t9-,10-/m1/s1. The van der Waals surface area contributed by atoms with Gasteiger partial charge in [-0.25, -0.2) is 5.43 Å². The van der Waals surface area contributed by atoms with Crippen LogP contribution in [-0.4, -0.2) is 11.6 Å². The summed E-state index contributed by atoms with van der Waals surface area (Å²) in [5, 5.41) is 4.88. The average Bonchev–Trinajstić information content (AvgIpc) is 2.22. The van der Waals surface area contributed by atoms with Gasteiger partial charge in [0.2, 0.25) is 5.91 Å². The molecule has 82 valence electrons. The van der Waals surface area contributed by atoms with Crippen molar-refractivity contribution in [2.24, 2.45) is 16.9 Å². The number of amides is 1. The Morgan fingerprint density at radius 1 is 1.19 bits per heavy atom. The van der Waals surface area contributed by atoms with Gasteiger partial charge < -0.3 is 0 Å². The molecule has 1 fully saturated rings. The van der Waals surface area contributed by atoms with Crippen LogP contribution in [-0.2, 0) is 4.79 Å². The number of nitrogens with one attached hydrogen (secondary N) is 1. The molecule has 1 N–H and O–H groups in total. The summed E-state index contributed by atoms with van der Waals surface area (Å²) < 4.78 is 0. The number of fused-ring (bicyclic) bond motifs is 1. The van der Waals surface area contributed by atoms with Crippen molar-refractivity contribution in [3.05, 3.63) is 34.9 Å². The van der Waals surface area contributed by atoms with E-state index in [1.165, 1.54) is 0 Å². The Balaban J connectivity index is 1.95. The highest BCUT2D eigenvalue weighted by Crippen LogP contribution is 2.39. The van der Waals surface area contributed by atoms with Crippen molar-refractivity contribution in [2.45, 2.75) is 12.8 Å². The van der Waals surface area contributed by atoms with Gasteiger partial charge in [0.25, 0.3) is 0 Å². The second kappa shape index (κ2) is 3.59. The van der Waals surface area contributed by atoms with Crippen molar-refractivity contribution in [3.63, 3.8) is 0 Å². The van der Waals surface area contributed by atoms with Gasteiger partial charge in [-0.05, 0) is 30.5 Å². The van der Waals surface area contributed by atoms with Gasteiger partial charge in [0.05, 0.1) is 5.71 Å². The van der Waals surface area contributed by atoms with Crippen LogP contribution < -0.4 is 5.43 Å². The molecular weight excluding hydrogens is 224 g/mol. The first-order chi connectivity index (χ1) is 7.75. The Kier molecular flexibility index (Phi) is 2.21. The van der Waals surface area contributed by atoms with Crippen molar-refractivity contribution in [1.29, 1.82) is 0 Å². The summed E-state index contributed by atoms with van der Waals surface area (Å²) in [4.78, 5) is 11.4. The Bertz CT molecular complexity index is 466. The monoisotopic (exact) mass is 234 g/mol. The number of hydrazone groups is 1. The van der Waals surface area contributed by atoms with E-state index in [1.807, 2.05) is 24.3 Å². The number of rotatable bonds is 1. The average molecular weight is 235 g/mol. The molecule has 0 spiro atoms. The lowest BCUT2D eigenvalue weighted by atomic mass is 9.68. The van der Waals surface area contributed by atoms with Crippen LogP contribution in [0.1, 0.15) is 18.4 Å². The van der Waals surface area contributed by atoms with Crippen molar-refractivity contribution in [2.75, 3.05) is 0 Å². The predicted molar refractivity (Wildman–Crippen MR) is 62.3 cm³/mol. The van der Waals surface area contributed by atoms with Gasteiger partial charge in [-0.3, -0.25) is 4.79 Å². The zero-order valence-electron chi connectivity index (χ0n) is 8.61. The molecule has 1 aliphatic heterocycles. The fraction of sp³-hybridized carbons (Fsp3) is 0.333. The van der Waals surface area contributed by atoms with E-state index in [0.717, 1.165) is 24.1 Å². The number of halogens is 1. The highest BCUT2D eigenvalue weighted by molar-refractivity contribution is 6.30. The van der Waals surface area contributed by atoms with Crippen LogP contribution in [0.4, 0.5) is 0 Å².